The highest BCUT2D eigenvalue weighted by Crippen LogP contribution is 2.14. The van der Waals surface area contributed by atoms with Crippen molar-refractivity contribution in [3.63, 3.8) is 0 Å². The summed E-state index contributed by atoms with van der Waals surface area (Å²) in [5.41, 5.74) is 0.419. The predicted octanol–water partition coefficient (Wildman–Crippen LogP) is 1.97. The van der Waals surface area contributed by atoms with Crippen LogP contribution in [0, 0.1) is 12.7 Å². The van der Waals surface area contributed by atoms with Crippen LogP contribution in [0.1, 0.15) is 31.2 Å². The van der Waals surface area contributed by atoms with E-state index >= 15 is 0 Å². The van der Waals surface area contributed by atoms with Crippen molar-refractivity contribution in [3.05, 3.63) is 29.6 Å². The number of halogens is 1. The molecule has 0 bridgehead atoms. The van der Waals surface area contributed by atoms with Crippen LogP contribution in [0.5, 0.6) is 0 Å². The molecule has 1 aromatic carbocycles. The van der Waals surface area contributed by atoms with Gasteiger partial charge in [0, 0.05) is 13.2 Å². The molecule has 6 heteroatoms. The second-order valence-electron chi connectivity index (χ2n) is 4.45. The minimum absolute atomic E-state index is 0.0500. The van der Waals surface area contributed by atoms with Gasteiger partial charge in [-0.15, -0.1) is 0 Å². The maximum Gasteiger partial charge on any atom is 0.240 e. The van der Waals surface area contributed by atoms with Crippen molar-refractivity contribution in [1.82, 2.24) is 4.72 Å². The van der Waals surface area contributed by atoms with Gasteiger partial charge in [0.25, 0.3) is 0 Å². The number of nitrogens with one attached hydrogen (secondary N) is 1. The molecule has 0 spiro atoms. The van der Waals surface area contributed by atoms with Gasteiger partial charge in [0.1, 0.15) is 5.82 Å². The molecule has 2 N–H and O–H groups in total. The minimum Gasteiger partial charge on any atom is -0.396 e. The van der Waals surface area contributed by atoms with Gasteiger partial charge in [-0.3, -0.25) is 0 Å². The summed E-state index contributed by atoms with van der Waals surface area (Å²) in [4.78, 5) is -0.0500. The number of unbranched alkanes of at least 4 members (excludes halogenated alkanes) is 3. The van der Waals surface area contributed by atoms with E-state index < -0.39 is 15.8 Å². The van der Waals surface area contributed by atoms with Gasteiger partial charge in [0.05, 0.1) is 4.90 Å². The molecule has 0 aliphatic heterocycles. The predicted molar refractivity (Wildman–Crippen MR) is 71.9 cm³/mol. The average molecular weight is 289 g/mol. The minimum atomic E-state index is -3.63. The van der Waals surface area contributed by atoms with Crippen LogP contribution in [0.3, 0.4) is 0 Å². The molecule has 0 radical (unpaired) electrons. The van der Waals surface area contributed by atoms with E-state index in [2.05, 4.69) is 4.72 Å². The van der Waals surface area contributed by atoms with Crippen molar-refractivity contribution in [2.45, 2.75) is 37.5 Å². The number of hydrogen-bond acceptors (Lipinski definition) is 3. The van der Waals surface area contributed by atoms with Crippen molar-refractivity contribution in [2.75, 3.05) is 13.2 Å². The summed E-state index contributed by atoms with van der Waals surface area (Å²) in [6, 6.07) is 3.88. The number of hydrogen-bond donors (Lipinski definition) is 2. The Kier molecular flexibility index (Phi) is 6.41. The van der Waals surface area contributed by atoms with E-state index in [1.165, 1.54) is 12.1 Å². The summed E-state index contributed by atoms with van der Waals surface area (Å²) < 4.78 is 39.5. The highest BCUT2D eigenvalue weighted by Gasteiger charge is 2.14. The molecule has 0 fully saturated rings. The third-order valence-electron chi connectivity index (χ3n) is 2.83. The van der Waals surface area contributed by atoms with Crippen LogP contribution in [-0.4, -0.2) is 26.7 Å². The fraction of sp³-hybridized carbons (Fsp3) is 0.538. The zero-order valence-electron chi connectivity index (χ0n) is 11.0. The molecular formula is C13H20FNO3S. The van der Waals surface area contributed by atoms with Gasteiger partial charge in [0.15, 0.2) is 0 Å². The van der Waals surface area contributed by atoms with Crippen LogP contribution in [0.2, 0.25) is 0 Å². The van der Waals surface area contributed by atoms with Crippen molar-refractivity contribution in [2.24, 2.45) is 0 Å². The van der Waals surface area contributed by atoms with Gasteiger partial charge in [-0.25, -0.2) is 17.5 Å². The van der Waals surface area contributed by atoms with E-state index in [1.54, 1.807) is 6.92 Å². The number of sulfonamides is 1. The van der Waals surface area contributed by atoms with Crippen molar-refractivity contribution in [3.8, 4) is 0 Å². The number of aryl methyl sites for hydroxylation is 1. The molecule has 1 rings (SSSR count). The van der Waals surface area contributed by atoms with Gasteiger partial charge in [-0.2, -0.15) is 0 Å². The quantitative estimate of drug-likeness (QED) is 0.719. The first-order chi connectivity index (χ1) is 8.97. The molecule has 0 unspecified atom stereocenters. The monoisotopic (exact) mass is 289 g/mol. The Morgan fingerprint density at radius 1 is 1.21 bits per heavy atom. The lowest BCUT2D eigenvalue weighted by atomic mass is 10.2. The topological polar surface area (TPSA) is 66.4 Å². The van der Waals surface area contributed by atoms with Crippen LogP contribution < -0.4 is 4.72 Å². The molecule has 19 heavy (non-hydrogen) atoms. The SMILES string of the molecule is Cc1ccc(S(=O)(=O)NCCCCCCO)cc1F. The van der Waals surface area contributed by atoms with E-state index in [4.69, 9.17) is 5.11 Å². The number of rotatable bonds is 8. The molecule has 108 valence electrons. The van der Waals surface area contributed by atoms with Crippen molar-refractivity contribution >= 4 is 10.0 Å². The third kappa shape index (κ3) is 5.26. The molecule has 0 aliphatic carbocycles. The van der Waals surface area contributed by atoms with Gasteiger partial charge in [-0.05, 0) is 37.5 Å². The van der Waals surface area contributed by atoms with E-state index in [1.807, 2.05) is 0 Å². The summed E-state index contributed by atoms with van der Waals surface area (Å²) in [6.07, 6.45) is 3.16. The zero-order chi connectivity index (χ0) is 14.3. The fourth-order valence-electron chi connectivity index (χ4n) is 1.62. The van der Waals surface area contributed by atoms with Crippen LogP contribution >= 0.6 is 0 Å². The van der Waals surface area contributed by atoms with Crippen molar-refractivity contribution in [1.29, 1.82) is 0 Å². The highest BCUT2D eigenvalue weighted by molar-refractivity contribution is 7.89. The molecular weight excluding hydrogens is 269 g/mol. The molecule has 0 aromatic heterocycles. The molecule has 0 saturated heterocycles. The first kappa shape index (κ1) is 16.1. The van der Waals surface area contributed by atoms with Crippen LogP contribution in [-0.2, 0) is 10.0 Å². The Balaban J connectivity index is 2.49. The maximum absolute atomic E-state index is 13.3. The van der Waals surface area contributed by atoms with Gasteiger partial charge in [-0.1, -0.05) is 18.9 Å². The molecule has 0 amide bonds. The first-order valence-corrected chi connectivity index (χ1v) is 7.82. The van der Waals surface area contributed by atoms with Crippen LogP contribution in [0.4, 0.5) is 4.39 Å². The number of aliphatic hydroxyl groups is 1. The lowest BCUT2D eigenvalue weighted by molar-refractivity contribution is 0.282. The van der Waals surface area contributed by atoms with Gasteiger partial charge < -0.3 is 5.11 Å². The Morgan fingerprint density at radius 2 is 1.89 bits per heavy atom. The van der Waals surface area contributed by atoms with E-state index in [9.17, 15) is 12.8 Å². The summed E-state index contributed by atoms with van der Waals surface area (Å²) in [6.45, 7) is 2.07. The molecule has 4 nitrogen and oxygen atoms in total. The first-order valence-electron chi connectivity index (χ1n) is 6.34. The Morgan fingerprint density at radius 3 is 2.53 bits per heavy atom. The lowest BCUT2D eigenvalue weighted by Gasteiger charge is -2.07. The number of benzene rings is 1. The average Bonchev–Trinajstić information content (AvgIpc) is 2.36. The van der Waals surface area contributed by atoms with Gasteiger partial charge in [0.2, 0.25) is 10.0 Å². The van der Waals surface area contributed by atoms with Gasteiger partial charge >= 0.3 is 0 Å². The molecule has 0 aliphatic rings. The zero-order valence-corrected chi connectivity index (χ0v) is 11.8. The smallest absolute Gasteiger partial charge is 0.240 e. The molecule has 0 saturated carbocycles. The largest absolute Gasteiger partial charge is 0.396 e. The molecule has 0 atom stereocenters. The summed E-state index contributed by atoms with van der Waals surface area (Å²) in [5, 5.41) is 8.60. The summed E-state index contributed by atoms with van der Waals surface area (Å²) >= 11 is 0. The van der Waals surface area contributed by atoms with E-state index in [0.717, 1.165) is 25.3 Å². The maximum atomic E-state index is 13.3. The molecule has 1 aromatic rings. The van der Waals surface area contributed by atoms with Crippen LogP contribution in [0.15, 0.2) is 23.1 Å². The Hall–Kier alpha value is -0.980. The normalized spacial score (nSPS) is 11.7. The highest BCUT2D eigenvalue weighted by atomic mass is 32.2. The van der Waals surface area contributed by atoms with E-state index in [0.29, 0.717) is 18.5 Å². The third-order valence-corrected chi connectivity index (χ3v) is 4.29. The molecule has 0 heterocycles. The lowest BCUT2D eigenvalue weighted by Crippen LogP contribution is -2.25. The second-order valence-corrected chi connectivity index (χ2v) is 6.21. The van der Waals surface area contributed by atoms with Crippen molar-refractivity contribution < 1.29 is 17.9 Å². The summed E-state index contributed by atoms with van der Waals surface area (Å²) in [7, 11) is -3.63. The fourth-order valence-corrected chi connectivity index (χ4v) is 2.71. The number of aliphatic hydroxyl groups excluding tert-OH is 1. The standard InChI is InChI=1S/C13H20FNO3S/c1-11-6-7-12(10-13(11)14)19(17,18)15-8-4-2-3-5-9-16/h6-7,10,15-16H,2-5,8-9H2,1H3. The Labute approximate surface area is 113 Å². The second kappa shape index (κ2) is 7.57. The summed E-state index contributed by atoms with van der Waals surface area (Å²) in [5.74, 6) is -0.522. The Bertz CT molecular complexity index is 503. The van der Waals surface area contributed by atoms with E-state index in [-0.39, 0.29) is 11.5 Å². The van der Waals surface area contributed by atoms with Crippen LogP contribution in [0.25, 0.3) is 0 Å².